The lowest BCUT2D eigenvalue weighted by molar-refractivity contribution is -0.0909. The van der Waals surface area contributed by atoms with Crippen molar-refractivity contribution in [3.05, 3.63) is 0 Å². The lowest BCUT2D eigenvalue weighted by Crippen LogP contribution is -2.47. The normalized spacial score (nSPS) is 21.7. The molecule has 0 amide bonds. The van der Waals surface area contributed by atoms with E-state index in [2.05, 4.69) is 4.18 Å². The summed E-state index contributed by atoms with van der Waals surface area (Å²) in [6.07, 6.45) is 0.797. The highest BCUT2D eigenvalue weighted by atomic mass is 32.2. The molecule has 0 spiro atoms. The van der Waals surface area contributed by atoms with E-state index in [-0.39, 0.29) is 12.8 Å². The smallest absolute Gasteiger partial charge is 0.393 e. The van der Waals surface area contributed by atoms with Crippen molar-refractivity contribution in [2.24, 2.45) is 0 Å². The van der Waals surface area contributed by atoms with Gasteiger partial charge in [0, 0.05) is 0 Å². The Labute approximate surface area is 78.8 Å². The second-order valence-corrected chi connectivity index (χ2v) is 4.72. The van der Waals surface area contributed by atoms with Gasteiger partial charge in [-0.05, 0) is 19.3 Å². The number of hydrogen-bond donors (Lipinski definition) is 1. The van der Waals surface area contributed by atoms with E-state index in [0.29, 0.717) is 6.42 Å². The van der Waals surface area contributed by atoms with Crippen molar-refractivity contribution >= 4 is 10.1 Å². The Morgan fingerprint density at radius 1 is 1.36 bits per heavy atom. The Hall–Kier alpha value is -0.340. The fourth-order valence-corrected chi connectivity index (χ4v) is 1.90. The summed E-state index contributed by atoms with van der Waals surface area (Å²) in [5, 5.41) is 8.71. The van der Waals surface area contributed by atoms with Crippen molar-refractivity contribution in [1.82, 2.24) is 0 Å². The standard InChI is InChI=1S/C6H9F3O4S/c7-6(8,9)14(11,12)13-5(4-10)2-1-3-5/h10H,1-4H2. The van der Waals surface area contributed by atoms with Crippen LogP contribution in [0.1, 0.15) is 19.3 Å². The number of alkyl halides is 3. The summed E-state index contributed by atoms with van der Waals surface area (Å²) in [7, 11) is -5.59. The minimum atomic E-state index is -5.59. The average molecular weight is 234 g/mol. The number of aliphatic hydroxyl groups is 1. The third kappa shape index (κ3) is 2.01. The monoisotopic (exact) mass is 234 g/mol. The van der Waals surface area contributed by atoms with Gasteiger partial charge in [-0.25, -0.2) is 0 Å². The van der Waals surface area contributed by atoms with Gasteiger partial charge in [0.25, 0.3) is 0 Å². The minimum absolute atomic E-state index is 0.124. The molecule has 14 heavy (non-hydrogen) atoms. The van der Waals surface area contributed by atoms with Gasteiger partial charge in [0.05, 0.1) is 6.61 Å². The predicted octanol–water partition coefficient (Wildman–Crippen LogP) is 0.768. The van der Waals surface area contributed by atoms with Crippen molar-refractivity contribution in [1.29, 1.82) is 0 Å². The third-order valence-electron chi connectivity index (χ3n) is 2.12. The van der Waals surface area contributed by atoms with Gasteiger partial charge in [0.15, 0.2) is 0 Å². The molecular formula is C6H9F3O4S. The van der Waals surface area contributed by atoms with Crippen LogP contribution >= 0.6 is 0 Å². The zero-order valence-corrected chi connectivity index (χ0v) is 7.86. The summed E-state index contributed by atoms with van der Waals surface area (Å²) in [6.45, 7) is -0.720. The van der Waals surface area contributed by atoms with Gasteiger partial charge >= 0.3 is 15.6 Å². The number of aliphatic hydroxyl groups excluding tert-OH is 1. The van der Waals surface area contributed by atoms with Gasteiger partial charge < -0.3 is 5.11 Å². The molecule has 0 aliphatic heterocycles. The lowest BCUT2D eigenvalue weighted by atomic mass is 9.81. The van der Waals surface area contributed by atoms with Crippen LogP contribution in [0.25, 0.3) is 0 Å². The first-order valence-corrected chi connectivity index (χ1v) is 5.26. The molecule has 0 atom stereocenters. The van der Waals surface area contributed by atoms with Gasteiger partial charge in [-0.1, -0.05) is 0 Å². The number of halogens is 3. The summed E-state index contributed by atoms with van der Waals surface area (Å²) in [5.74, 6) is 0. The molecule has 1 aliphatic carbocycles. The lowest BCUT2D eigenvalue weighted by Gasteiger charge is -2.38. The molecule has 0 saturated heterocycles. The van der Waals surface area contributed by atoms with E-state index >= 15 is 0 Å². The molecule has 1 N–H and O–H groups in total. The van der Waals surface area contributed by atoms with Crippen LogP contribution in [0.2, 0.25) is 0 Å². The zero-order valence-electron chi connectivity index (χ0n) is 7.04. The summed E-state index contributed by atoms with van der Waals surface area (Å²) in [4.78, 5) is 0. The summed E-state index contributed by atoms with van der Waals surface area (Å²) in [6, 6.07) is 0. The summed E-state index contributed by atoms with van der Waals surface area (Å²) in [5.41, 5.74) is -6.97. The first-order valence-electron chi connectivity index (χ1n) is 3.85. The Bertz CT molecular complexity index is 298. The fourth-order valence-electron chi connectivity index (χ4n) is 1.12. The molecule has 1 aliphatic rings. The van der Waals surface area contributed by atoms with Crippen molar-refractivity contribution in [2.75, 3.05) is 6.61 Å². The van der Waals surface area contributed by atoms with E-state index in [9.17, 15) is 21.6 Å². The van der Waals surface area contributed by atoms with E-state index in [1.165, 1.54) is 0 Å². The van der Waals surface area contributed by atoms with Crippen LogP contribution < -0.4 is 0 Å². The van der Waals surface area contributed by atoms with E-state index in [0.717, 1.165) is 0 Å². The second kappa shape index (κ2) is 3.35. The van der Waals surface area contributed by atoms with Gasteiger partial charge in [0.2, 0.25) is 0 Å². The maximum atomic E-state index is 11.9. The van der Waals surface area contributed by atoms with Gasteiger partial charge in [0.1, 0.15) is 5.60 Å². The number of hydrogen-bond acceptors (Lipinski definition) is 4. The molecule has 0 aromatic carbocycles. The zero-order chi connectivity index (χ0) is 11.0. The molecule has 8 heteroatoms. The molecule has 0 aromatic heterocycles. The molecule has 0 radical (unpaired) electrons. The second-order valence-electron chi connectivity index (χ2n) is 3.18. The summed E-state index contributed by atoms with van der Waals surface area (Å²) < 4.78 is 60.7. The minimum Gasteiger partial charge on any atom is -0.393 e. The van der Waals surface area contributed by atoms with Crippen molar-refractivity contribution in [3.8, 4) is 0 Å². The Balaban J connectivity index is 2.78. The predicted molar refractivity (Wildman–Crippen MR) is 39.7 cm³/mol. The molecule has 1 saturated carbocycles. The van der Waals surface area contributed by atoms with Gasteiger partial charge in [-0.15, -0.1) is 0 Å². The van der Waals surface area contributed by atoms with E-state index < -0.39 is 27.8 Å². The van der Waals surface area contributed by atoms with Gasteiger partial charge in [-0.2, -0.15) is 21.6 Å². The Kier molecular flexibility index (Phi) is 2.81. The molecule has 0 bridgehead atoms. The van der Waals surface area contributed by atoms with Crippen LogP contribution in [-0.4, -0.2) is 31.2 Å². The van der Waals surface area contributed by atoms with Crippen LogP contribution in [0, 0.1) is 0 Å². The topological polar surface area (TPSA) is 63.6 Å². The van der Waals surface area contributed by atoms with Crippen LogP contribution in [0.3, 0.4) is 0 Å². The van der Waals surface area contributed by atoms with Gasteiger partial charge in [-0.3, -0.25) is 4.18 Å². The molecule has 0 heterocycles. The van der Waals surface area contributed by atoms with E-state index in [4.69, 9.17) is 5.11 Å². The maximum Gasteiger partial charge on any atom is 0.523 e. The molecule has 0 unspecified atom stereocenters. The molecule has 84 valence electrons. The maximum absolute atomic E-state index is 11.9. The highest BCUT2D eigenvalue weighted by Crippen LogP contribution is 2.39. The highest BCUT2D eigenvalue weighted by molar-refractivity contribution is 7.87. The highest BCUT2D eigenvalue weighted by Gasteiger charge is 2.53. The van der Waals surface area contributed by atoms with Crippen LogP contribution in [-0.2, 0) is 14.3 Å². The third-order valence-corrected chi connectivity index (χ3v) is 3.26. The van der Waals surface area contributed by atoms with Crippen LogP contribution in [0.15, 0.2) is 0 Å². The van der Waals surface area contributed by atoms with E-state index in [1.807, 2.05) is 0 Å². The number of rotatable bonds is 3. The SMILES string of the molecule is O=S(=O)(OC1(CO)CCC1)C(F)(F)F. The quantitative estimate of drug-likeness (QED) is 0.578. The van der Waals surface area contributed by atoms with E-state index in [1.54, 1.807) is 0 Å². The largest absolute Gasteiger partial charge is 0.523 e. The molecule has 1 fully saturated rings. The van der Waals surface area contributed by atoms with Crippen molar-refractivity contribution in [2.45, 2.75) is 30.4 Å². The molecular weight excluding hydrogens is 225 g/mol. The van der Waals surface area contributed by atoms with Crippen molar-refractivity contribution < 1.29 is 30.9 Å². The van der Waals surface area contributed by atoms with Crippen LogP contribution in [0.5, 0.6) is 0 Å². The Morgan fingerprint density at radius 3 is 2.07 bits per heavy atom. The van der Waals surface area contributed by atoms with Crippen molar-refractivity contribution in [3.63, 3.8) is 0 Å². The first kappa shape index (κ1) is 11.7. The summed E-state index contributed by atoms with van der Waals surface area (Å²) >= 11 is 0. The fraction of sp³-hybridized carbons (Fsp3) is 1.00. The average Bonchev–Trinajstić information content (AvgIpc) is 1.94. The molecule has 4 nitrogen and oxygen atoms in total. The first-order chi connectivity index (χ1) is 6.22. The molecule has 1 rings (SSSR count). The Morgan fingerprint density at radius 2 is 1.86 bits per heavy atom. The van der Waals surface area contributed by atoms with Crippen LogP contribution in [0.4, 0.5) is 13.2 Å². The molecule has 0 aromatic rings.